The van der Waals surface area contributed by atoms with Gasteiger partial charge in [-0.25, -0.2) is 15.0 Å². The molecule has 0 saturated carbocycles. The standard InChI is InChI=1S/C58H40N4O/c1-3-17-39(18-4-2)56-59-57(40-21-10-6-11-22-40)61-58(60-56)50-36-43(42-24-16-23-41(35-42)38-19-8-5-9-20-38)29-31-46(50)44-30-32-49-53(37-44)63-52-34-33-48-47-27-14-15-28-51(47)62(55(48)54(49)52)45-25-12-7-13-26-45/h3-37H,1H2,2H3/b18-4-,39-17+. The van der Waals surface area contributed by atoms with E-state index in [0.29, 0.717) is 17.5 Å². The van der Waals surface area contributed by atoms with Gasteiger partial charge in [-0.1, -0.05) is 164 Å². The molecule has 0 N–H and O–H groups in total. The van der Waals surface area contributed by atoms with E-state index in [4.69, 9.17) is 19.4 Å². The van der Waals surface area contributed by atoms with Gasteiger partial charge in [0.15, 0.2) is 17.5 Å². The maximum absolute atomic E-state index is 6.81. The Morgan fingerprint density at radius 1 is 0.508 bits per heavy atom. The topological polar surface area (TPSA) is 56.7 Å². The number of nitrogens with zero attached hydrogens (tertiary/aromatic N) is 4. The smallest absolute Gasteiger partial charge is 0.164 e. The van der Waals surface area contributed by atoms with E-state index in [1.807, 2.05) is 61.5 Å². The van der Waals surface area contributed by atoms with Crippen molar-refractivity contribution in [1.82, 2.24) is 19.5 Å². The van der Waals surface area contributed by atoms with Crippen LogP contribution >= 0.6 is 0 Å². The zero-order valence-electron chi connectivity index (χ0n) is 34.6. The second kappa shape index (κ2) is 15.9. The van der Waals surface area contributed by atoms with Crippen molar-refractivity contribution in [3.05, 3.63) is 225 Å². The van der Waals surface area contributed by atoms with Crippen molar-refractivity contribution in [2.75, 3.05) is 0 Å². The zero-order chi connectivity index (χ0) is 42.3. The van der Waals surface area contributed by atoms with Crippen LogP contribution in [0.15, 0.2) is 223 Å². The van der Waals surface area contributed by atoms with Crippen molar-refractivity contribution >= 4 is 49.3 Å². The van der Waals surface area contributed by atoms with E-state index in [2.05, 4.69) is 163 Å². The van der Waals surface area contributed by atoms with Gasteiger partial charge in [0, 0.05) is 38.5 Å². The summed E-state index contributed by atoms with van der Waals surface area (Å²) in [5, 5.41) is 4.53. The summed E-state index contributed by atoms with van der Waals surface area (Å²) in [6.07, 6.45) is 7.70. The molecule has 0 radical (unpaired) electrons. The monoisotopic (exact) mass is 808 g/mol. The summed E-state index contributed by atoms with van der Waals surface area (Å²) in [4.78, 5) is 15.5. The molecule has 5 heteroatoms. The molecular weight excluding hydrogens is 769 g/mol. The fourth-order valence-corrected chi connectivity index (χ4v) is 8.85. The molecule has 0 aliphatic heterocycles. The third-order valence-corrected chi connectivity index (χ3v) is 11.7. The van der Waals surface area contributed by atoms with Gasteiger partial charge < -0.3 is 8.98 Å². The van der Waals surface area contributed by atoms with Crippen LogP contribution in [0.25, 0.3) is 111 Å². The number of hydrogen-bond donors (Lipinski definition) is 0. The molecule has 0 saturated heterocycles. The van der Waals surface area contributed by atoms with E-state index >= 15 is 0 Å². The predicted octanol–water partition coefficient (Wildman–Crippen LogP) is 15.3. The number of aromatic nitrogens is 4. The number of para-hydroxylation sites is 2. The predicted molar refractivity (Wildman–Crippen MR) is 262 cm³/mol. The molecule has 0 bridgehead atoms. The largest absolute Gasteiger partial charge is 0.456 e. The summed E-state index contributed by atoms with van der Waals surface area (Å²) in [6, 6.07) is 65.9. The van der Waals surface area contributed by atoms with Crippen LogP contribution in [-0.4, -0.2) is 19.5 Å². The minimum absolute atomic E-state index is 0.560. The molecule has 0 unspecified atom stereocenters. The van der Waals surface area contributed by atoms with Gasteiger partial charge in [-0.3, -0.25) is 0 Å². The van der Waals surface area contributed by atoms with Gasteiger partial charge in [0.05, 0.1) is 16.4 Å². The SMILES string of the molecule is C=C/C=C(\C=C/C)c1nc(-c2ccccc2)nc(-c2cc(-c3cccc(-c4ccccc4)c3)ccc2-c2ccc3c(c2)oc2ccc4c5ccccc5n(-c5ccccc5)c4c23)n1. The third kappa shape index (κ3) is 6.73. The van der Waals surface area contributed by atoms with Gasteiger partial charge in [-0.05, 0) is 94.9 Å². The van der Waals surface area contributed by atoms with Gasteiger partial charge in [-0.15, -0.1) is 0 Å². The average Bonchev–Trinajstić information content (AvgIpc) is 3.90. The summed E-state index contributed by atoms with van der Waals surface area (Å²) in [7, 11) is 0. The minimum Gasteiger partial charge on any atom is -0.456 e. The van der Waals surface area contributed by atoms with Crippen LogP contribution in [0.1, 0.15) is 12.7 Å². The van der Waals surface area contributed by atoms with Gasteiger partial charge in [0.1, 0.15) is 11.2 Å². The highest BCUT2D eigenvalue weighted by molar-refractivity contribution is 6.24. The molecule has 3 heterocycles. The second-order valence-corrected chi connectivity index (χ2v) is 15.6. The van der Waals surface area contributed by atoms with E-state index in [1.165, 1.54) is 10.8 Å². The van der Waals surface area contributed by atoms with E-state index in [9.17, 15) is 0 Å². The van der Waals surface area contributed by atoms with E-state index < -0.39 is 0 Å². The van der Waals surface area contributed by atoms with E-state index in [1.54, 1.807) is 6.08 Å². The number of furan rings is 1. The molecule has 3 aromatic heterocycles. The summed E-state index contributed by atoms with van der Waals surface area (Å²) >= 11 is 0. The number of allylic oxidation sites excluding steroid dienone is 5. The molecule has 0 atom stereocenters. The van der Waals surface area contributed by atoms with Crippen LogP contribution in [0.2, 0.25) is 0 Å². The van der Waals surface area contributed by atoms with Crippen molar-refractivity contribution in [3.8, 4) is 61.8 Å². The number of rotatable bonds is 9. The Bertz CT molecular complexity index is 3580. The zero-order valence-corrected chi connectivity index (χ0v) is 34.6. The molecule has 11 aromatic rings. The molecule has 298 valence electrons. The Labute approximate surface area is 365 Å². The molecule has 8 aromatic carbocycles. The molecular formula is C58H40N4O. The first kappa shape index (κ1) is 37.6. The lowest BCUT2D eigenvalue weighted by atomic mass is 9.92. The van der Waals surface area contributed by atoms with E-state index in [0.717, 1.165) is 88.7 Å². The van der Waals surface area contributed by atoms with Gasteiger partial charge in [0.25, 0.3) is 0 Å². The lowest BCUT2D eigenvalue weighted by Gasteiger charge is -2.15. The van der Waals surface area contributed by atoms with Crippen LogP contribution in [0, 0.1) is 0 Å². The van der Waals surface area contributed by atoms with E-state index in [-0.39, 0.29) is 0 Å². The van der Waals surface area contributed by atoms with Crippen LogP contribution < -0.4 is 0 Å². The van der Waals surface area contributed by atoms with Crippen molar-refractivity contribution in [2.45, 2.75) is 6.92 Å². The third-order valence-electron chi connectivity index (χ3n) is 11.7. The molecule has 0 aliphatic carbocycles. The molecule has 63 heavy (non-hydrogen) atoms. The number of hydrogen-bond acceptors (Lipinski definition) is 4. The van der Waals surface area contributed by atoms with Crippen molar-refractivity contribution in [2.24, 2.45) is 0 Å². The maximum atomic E-state index is 6.81. The first-order valence-electron chi connectivity index (χ1n) is 21.2. The fourth-order valence-electron chi connectivity index (χ4n) is 8.85. The molecule has 0 amide bonds. The molecule has 0 spiro atoms. The van der Waals surface area contributed by atoms with Crippen molar-refractivity contribution in [3.63, 3.8) is 0 Å². The molecule has 0 aliphatic rings. The van der Waals surface area contributed by atoms with Crippen molar-refractivity contribution < 1.29 is 4.42 Å². The Kier molecular flexibility index (Phi) is 9.48. The van der Waals surface area contributed by atoms with Crippen LogP contribution in [-0.2, 0) is 0 Å². The molecule has 0 fully saturated rings. The van der Waals surface area contributed by atoms with Crippen LogP contribution in [0.5, 0.6) is 0 Å². The molecule has 5 nitrogen and oxygen atoms in total. The van der Waals surface area contributed by atoms with Gasteiger partial charge in [0.2, 0.25) is 0 Å². The first-order valence-corrected chi connectivity index (χ1v) is 21.2. The maximum Gasteiger partial charge on any atom is 0.164 e. The van der Waals surface area contributed by atoms with Crippen LogP contribution in [0.4, 0.5) is 0 Å². The summed E-state index contributed by atoms with van der Waals surface area (Å²) in [5.41, 5.74) is 14.0. The van der Waals surface area contributed by atoms with Gasteiger partial charge in [-0.2, -0.15) is 0 Å². The van der Waals surface area contributed by atoms with Crippen LogP contribution in [0.3, 0.4) is 0 Å². The minimum atomic E-state index is 0.560. The normalized spacial score (nSPS) is 12.0. The number of fused-ring (bicyclic) bond motifs is 7. The summed E-state index contributed by atoms with van der Waals surface area (Å²) in [5.74, 6) is 1.71. The Morgan fingerprint density at radius 2 is 1.16 bits per heavy atom. The summed E-state index contributed by atoms with van der Waals surface area (Å²) < 4.78 is 9.17. The highest BCUT2D eigenvalue weighted by Crippen LogP contribution is 2.43. The highest BCUT2D eigenvalue weighted by Gasteiger charge is 2.21. The Balaban J connectivity index is 1.15. The highest BCUT2D eigenvalue weighted by atomic mass is 16.3. The second-order valence-electron chi connectivity index (χ2n) is 15.6. The quantitative estimate of drug-likeness (QED) is 0.136. The first-order chi connectivity index (χ1) is 31.1. The van der Waals surface area contributed by atoms with Gasteiger partial charge >= 0.3 is 0 Å². The summed E-state index contributed by atoms with van der Waals surface area (Å²) in [6.45, 7) is 5.98. The number of benzene rings is 8. The fraction of sp³-hybridized carbons (Fsp3) is 0.0172. The lowest BCUT2D eigenvalue weighted by Crippen LogP contribution is -2.03. The average molecular weight is 809 g/mol. The Morgan fingerprint density at radius 3 is 1.94 bits per heavy atom. The Hall–Kier alpha value is -8.41. The lowest BCUT2D eigenvalue weighted by molar-refractivity contribution is 0.669. The van der Waals surface area contributed by atoms with Crippen molar-refractivity contribution in [1.29, 1.82) is 0 Å². The molecule has 11 rings (SSSR count).